The molecule has 1 aromatic heterocycles. The standard InChI is InChI=1S/C21H28N4O4/c1-13(2)10-21(5,25-20(27)28)11-29-18-7-6-16(8-14(18)3)17-9-19(23-12-22-17)24-15(4)26/h6-9,12-13,25H,10-11H2,1-5H3,(H,27,28)(H,22,23,24,26). The van der Waals surface area contributed by atoms with Crippen molar-refractivity contribution in [3.63, 3.8) is 0 Å². The number of ether oxygens (including phenoxy) is 1. The van der Waals surface area contributed by atoms with Crippen molar-refractivity contribution in [2.24, 2.45) is 5.92 Å². The van der Waals surface area contributed by atoms with Crippen LogP contribution in [-0.2, 0) is 4.79 Å². The highest BCUT2D eigenvalue weighted by Crippen LogP contribution is 2.27. The number of carboxylic acid groups (broad SMARTS) is 1. The number of anilines is 1. The van der Waals surface area contributed by atoms with Crippen molar-refractivity contribution in [1.29, 1.82) is 0 Å². The second-order valence-electron chi connectivity index (χ2n) is 7.83. The molecule has 1 aromatic carbocycles. The number of carbonyl (C=O) groups excluding carboxylic acids is 1. The smallest absolute Gasteiger partial charge is 0.405 e. The lowest BCUT2D eigenvalue weighted by atomic mass is 9.91. The molecule has 8 nitrogen and oxygen atoms in total. The van der Waals surface area contributed by atoms with Gasteiger partial charge in [0.05, 0.1) is 11.2 Å². The molecule has 29 heavy (non-hydrogen) atoms. The number of aryl methyl sites for hydroxylation is 1. The summed E-state index contributed by atoms with van der Waals surface area (Å²) >= 11 is 0. The lowest BCUT2D eigenvalue weighted by Crippen LogP contribution is -2.50. The van der Waals surface area contributed by atoms with Gasteiger partial charge in [0.25, 0.3) is 0 Å². The monoisotopic (exact) mass is 400 g/mol. The maximum Gasteiger partial charge on any atom is 0.405 e. The summed E-state index contributed by atoms with van der Waals surface area (Å²) in [5.41, 5.74) is 1.74. The van der Waals surface area contributed by atoms with E-state index in [1.54, 1.807) is 6.07 Å². The van der Waals surface area contributed by atoms with E-state index in [0.29, 0.717) is 29.6 Å². The number of hydrogen-bond donors (Lipinski definition) is 3. The summed E-state index contributed by atoms with van der Waals surface area (Å²) < 4.78 is 5.96. The molecule has 0 aliphatic heterocycles. The Hall–Kier alpha value is -3.16. The zero-order chi connectivity index (χ0) is 21.6. The summed E-state index contributed by atoms with van der Waals surface area (Å²) in [6.45, 7) is 9.48. The molecule has 0 saturated heterocycles. The van der Waals surface area contributed by atoms with Crippen LogP contribution < -0.4 is 15.4 Å². The highest BCUT2D eigenvalue weighted by molar-refractivity contribution is 5.88. The van der Waals surface area contributed by atoms with Crippen molar-refractivity contribution in [3.05, 3.63) is 36.2 Å². The van der Waals surface area contributed by atoms with E-state index in [1.165, 1.54) is 13.3 Å². The van der Waals surface area contributed by atoms with Crippen LogP contribution >= 0.6 is 0 Å². The topological polar surface area (TPSA) is 113 Å². The molecule has 0 aliphatic rings. The molecule has 1 heterocycles. The molecule has 1 unspecified atom stereocenters. The summed E-state index contributed by atoms with van der Waals surface area (Å²) in [5.74, 6) is 1.22. The van der Waals surface area contributed by atoms with Crippen LogP contribution in [0.3, 0.4) is 0 Å². The normalized spacial score (nSPS) is 12.9. The van der Waals surface area contributed by atoms with Crippen molar-refractivity contribution in [3.8, 4) is 17.0 Å². The van der Waals surface area contributed by atoms with Gasteiger partial charge in [0.1, 0.15) is 24.5 Å². The van der Waals surface area contributed by atoms with E-state index in [-0.39, 0.29) is 12.5 Å². The van der Waals surface area contributed by atoms with Gasteiger partial charge in [-0.2, -0.15) is 0 Å². The van der Waals surface area contributed by atoms with Crippen LogP contribution in [0.15, 0.2) is 30.6 Å². The van der Waals surface area contributed by atoms with Crippen LogP contribution in [0.2, 0.25) is 0 Å². The zero-order valence-electron chi connectivity index (χ0n) is 17.4. The Bertz CT molecular complexity index is 885. The van der Waals surface area contributed by atoms with Crippen LogP contribution in [0, 0.1) is 12.8 Å². The molecule has 1 atom stereocenters. The van der Waals surface area contributed by atoms with Crippen molar-refractivity contribution in [1.82, 2.24) is 15.3 Å². The molecule has 0 bridgehead atoms. The number of amides is 2. The Morgan fingerprint density at radius 3 is 2.55 bits per heavy atom. The van der Waals surface area contributed by atoms with E-state index >= 15 is 0 Å². The van der Waals surface area contributed by atoms with Gasteiger partial charge >= 0.3 is 6.09 Å². The fraction of sp³-hybridized carbons (Fsp3) is 0.429. The van der Waals surface area contributed by atoms with E-state index in [9.17, 15) is 9.59 Å². The summed E-state index contributed by atoms with van der Waals surface area (Å²) in [6, 6.07) is 7.33. The molecule has 2 aromatic rings. The van der Waals surface area contributed by atoms with Crippen LogP contribution in [-0.4, -0.2) is 39.2 Å². The fourth-order valence-corrected chi connectivity index (χ4v) is 3.28. The predicted octanol–water partition coefficient (Wildman–Crippen LogP) is 3.86. The van der Waals surface area contributed by atoms with E-state index in [0.717, 1.165) is 11.1 Å². The molecule has 0 aliphatic carbocycles. The zero-order valence-corrected chi connectivity index (χ0v) is 17.4. The molecule has 0 fully saturated rings. The van der Waals surface area contributed by atoms with Gasteiger partial charge < -0.3 is 20.5 Å². The summed E-state index contributed by atoms with van der Waals surface area (Å²) in [6.07, 6.45) is 0.987. The minimum Gasteiger partial charge on any atom is -0.491 e. The Morgan fingerprint density at radius 1 is 1.24 bits per heavy atom. The minimum atomic E-state index is -1.07. The number of nitrogens with zero attached hydrogens (tertiary/aromatic N) is 2. The molecule has 8 heteroatoms. The Kier molecular flexibility index (Phi) is 7.14. The quantitative estimate of drug-likeness (QED) is 0.620. The van der Waals surface area contributed by atoms with Gasteiger partial charge in [-0.05, 0) is 49.9 Å². The van der Waals surface area contributed by atoms with Crippen molar-refractivity contribution < 1.29 is 19.4 Å². The number of rotatable bonds is 8. The number of aromatic nitrogens is 2. The van der Waals surface area contributed by atoms with E-state index < -0.39 is 11.6 Å². The van der Waals surface area contributed by atoms with Crippen LogP contribution in [0.5, 0.6) is 5.75 Å². The largest absolute Gasteiger partial charge is 0.491 e. The molecule has 156 valence electrons. The molecule has 0 spiro atoms. The average Bonchev–Trinajstić information content (AvgIpc) is 2.59. The Balaban J connectivity index is 2.17. The first-order valence-electron chi connectivity index (χ1n) is 9.42. The van der Waals surface area contributed by atoms with Gasteiger partial charge in [-0.3, -0.25) is 4.79 Å². The summed E-state index contributed by atoms with van der Waals surface area (Å²) in [5, 5.41) is 14.4. The number of hydrogen-bond acceptors (Lipinski definition) is 5. The first-order valence-corrected chi connectivity index (χ1v) is 9.42. The van der Waals surface area contributed by atoms with Gasteiger partial charge in [0.15, 0.2) is 0 Å². The minimum absolute atomic E-state index is 0.200. The van der Waals surface area contributed by atoms with Gasteiger partial charge in [0, 0.05) is 18.6 Å². The van der Waals surface area contributed by atoms with E-state index in [4.69, 9.17) is 9.84 Å². The fourth-order valence-electron chi connectivity index (χ4n) is 3.28. The van der Waals surface area contributed by atoms with Gasteiger partial charge in [-0.1, -0.05) is 13.8 Å². The molecule has 2 rings (SSSR count). The van der Waals surface area contributed by atoms with E-state index in [2.05, 4.69) is 20.6 Å². The number of carbonyl (C=O) groups is 2. The van der Waals surface area contributed by atoms with Crippen LogP contribution in [0.4, 0.5) is 10.6 Å². The summed E-state index contributed by atoms with van der Waals surface area (Å²) in [4.78, 5) is 30.7. The van der Waals surface area contributed by atoms with E-state index in [1.807, 2.05) is 45.9 Å². The van der Waals surface area contributed by atoms with Gasteiger partial charge in [-0.15, -0.1) is 0 Å². The molecule has 0 radical (unpaired) electrons. The third-order valence-electron chi connectivity index (χ3n) is 4.26. The first-order chi connectivity index (χ1) is 13.6. The molecule has 2 amide bonds. The average molecular weight is 400 g/mol. The van der Waals surface area contributed by atoms with Crippen molar-refractivity contribution in [2.75, 3.05) is 11.9 Å². The van der Waals surface area contributed by atoms with Gasteiger partial charge in [0.2, 0.25) is 5.91 Å². The van der Waals surface area contributed by atoms with Gasteiger partial charge in [-0.25, -0.2) is 14.8 Å². The molecule has 0 saturated carbocycles. The Labute approximate surface area is 170 Å². The Morgan fingerprint density at radius 2 is 1.97 bits per heavy atom. The van der Waals surface area contributed by atoms with Crippen LogP contribution in [0.25, 0.3) is 11.3 Å². The number of benzene rings is 1. The number of nitrogens with one attached hydrogen (secondary N) is 2. The predicted molar refractivity (Wildman–Crippen MR) is 111 cm³/mol. The lowest BCUT2D eigenvalue weighted by Gasteiger charge is -2.31. The maximum absolute atomic E-state index is 11.2. The van der Waals surface area contributed by atoms with Crippen LogP contribution in [0.1, 0.15) is 39.7 Å². The molecular weight excluding hydrogens is 372 g/mol. The van der Waals surface area contributed by atoms with Crippen molar-refractivity contribution in [2.45, 2.75) is 46.6 Å². The van der Waals surface area contributed by atoms with Crippen molar-refractivity contribution >= 4 is 17.8 Å². The highest BCUT2D eigenvalue weighted by atomic mass is 16.5. The second kappa shape index (κ2) is 9.36. The third-order valence-corrected chi connectivity index (χ3v) is 4.26. The maximum atomic E-state index is 11.2. The second-order valence-corrected chi connectivity index (χ2v) is 7.83. The molecular formula is C21H28N4O4. The SMILES string of the molecule is CC(=O)Nc1cc(-c2ccc(OCC(C)(CC(C)C)NC(=O)O)c(C)c2)ncn1. The highest BCUT2D eigenvalue weighted by Gasteiger charge is 2.28. The lowest BCUT2D eigenvalue weighted by molar-refractivity contribution is -0.114. The molecule has 3 N–H and O–H groups in total. The third kappa shape index (κ3) is 6.74. The summed E-state index contributed by atoms with van der Waals surface area (Å²) in [7, 11) is 0. The first kappa shape index (κ1) is 22.1.